The number of hydrogen-bond donors (Lipinski definition) is 2. The number of nitrogens with zero attached hydrogens (tertiary/aromatic N) is 1. The Labute approximate surface area is 212 Å². The third-order valence-electron chi connectivity index (χ3n) is 6.96. The Morgan fingerprint density at radius 3 is 2.61 bits per heavy atom. The first-order valence-electron chi connectivity index (χ1n) is 12.5. The number of aryl methyl sites for hydroxylation is 3. The number of amides is 1. The topological polar surface area (TPSA) is 77.8 Å². The molecule has 2 N–H and O–H groups in total. The van der Waals surface area contributed by atoms with Crippen molar-refractivity contribution in [2.24, 2.45) is 0 Å². The molecule has 5 nitrogen and oxygen atoms in total. The molecule has 0 aliphatic carbocycles. The number of aliphatic hydroxyl groups excluding tert-OH is 1. The molecule has 1 saturated heterocycles. The van der Waals surface area contributed by atoms with Crippen LogP contribution in [0.2, 0.25) is 0 Å². The van der Waals surface area contributed by atoms with Crippen LogP contribution in [0.1, 0.15) is 58.0 Å². The van der Waals surface area contributed by atoms with Gasteiger partial charge in [0.15, 0.2) is 0 Å². The highest BCUT2D eigenvalue weighted by atomic mass is 16.4. The lowest BCUT2D eigenvalue weighted by Gasteiger charge is -2.23. The Hall–Kier alpha value is -3.70. The summed E-state index contributed by atoms with van der Waals surface area (Å²) in [7, 11) is 0. The van der Waals surface area contributed by atoms with Crippen molar-refractivity contribution in [3.63, 3.8) is 0 Å². The second kappa shape index (κ2) is 11.4. The Kier molecular flexibility index (Phi) is 8.01. The van der Waals surface area contributed by atoms with Crippen LogP contribution in [-0.4, -0.2) is 39.6 Å². The minimum Gasteiger partial charge on any atom is -0.478 e. The average molecular weight is 484 g/mol. The average Bonchev–Trinajstić information content (AvgIpc) is 3.22. The standard InChI is InChI=1S/C31H33NO4/c1-21-7-3-4-11-27(21)24-9-5-10-25(20-24)29(33)16-13-26-14-17-30(34)32(26)18-6-8-23-12-15-28(31(35)36)22(2)19-23/h3-5,7,9-13,15-16,19-20,26,29,33H,6,8,14,17-18H2,1-2H3,(H,35,36)/b16-13+/t26-,29?/m0/s1. The molecule has 36 heavy (non-hydrogen) atoms. The van der Waals surface area contributed by atoms with Gasteiger partial charge in [-0.1, -0.05) is 66.7 Å². The quantitative estimate of drug-likeness (QED) is 0.373. The molecule has 1 fully saturated rings. The highest BCUT2D eigenvalue weighted by molar-refractivity contribution is 5.89. The summed E-state index contributed by atoms with van der Waals surface area (Å²) < 4.78 is 0. The van der Waals surface area contributed by atoms with Crippen molar-refractivity contribution in [2.45, 2.75) is 51.7 Å². The molecule has 1 aliphatic rings. The Morgan fingerprint density at radius 1 is 1.06 bits per heavy atom. The monoisotopic (exact) mass is 483 g/mol. The number of benzene rings is 3. The fraction of sp³-hybridized carbons (Fsp3) is 0.290. The lowest BCUT2D eigenvalue weighted by atomic mass is 9.97. The summed E-state index contributed by atoms with van der Waals surface area (Å²) in [6.45, 7) is 4.52. The molecule has 0 spiro atoms. The van der Waals surface area contributed by atoms with E-state index < -0.39 is 12.1 Å². The van der Waals surface area contributed by atoms with E-state index in [1.54, 1.807) is 19.1 Å². The van der Waals surface area contributed by atoms with Crippen LogP contribution in [0.5, 0.6) is 0 Å². The number of carbonyl (C=O) groups excluding carboxylic acids is 1. The van der Waals surface area contributed by atoms with E-state index in [9.17, 15) is 19.8 Å². The molecule has 5 heteroatoms. The number of aromatic carboxylic acids is 1. The maximum atomic E-state index is 12.5. The SMILES string of the molecule is Cc1cc(CCCN2C(=O)CC[C@@H]2/C=C/C(O)c2cccc(-c3ccccc3C)c2)ccc1C(=O)O. The molecule has 3 aromatic rings. The zero-order valence-corrected chi connectivity index (χ0v) is 20.9. The van der Waals surface area contributed by atoms with E-state index >= 15 is 0 Å². The van der Waals surface area contributed by atoms with Gasteiger partial charge in [0.05, 0.1) is 17.7 Å². The number of carboxylic acid groups (broad SMARTS) is 1. The fourth-order valence-corrected chi connectivity index (χ4v) is 4.95. The zero-order valence-electron chi connectivity index (χ0n) is 20.9. The Bertz CT molecular complexity index is 1280. The van der Waals surface area contributed by atoms with Crippen LogP contribution >= 0.6 is 0 Å². The molecular formula is C31H33NO4. The molecule has 1 aliphatic heterocycles. The number of aliphatic hydroxyl groups is 1. The van der Waals surface area contributed by atoms with Gasteiger partial charge in [-0.25, -0.2) is 4.79 Å². The molecular weight excluding hydrogens is 450 g/mol. The van der Waals surface area contributed by atoms with Crippen molar-refractivity contribution in [2.75, 3.05) is 6.54 Å². The number of likely N-dealkylation sites (tertiary alicyclic amines) is 1. The first kappa shape index (κ1) is 25.4. The highest BCUT2D eigenvalue weighted by Gasteiger charge is 2.28. The molecule has 0 radical (unpaired) electrons. The van der Waals surface area contributed by atoms with Gasteiger partial charge >= 0.3 is 5.97 Å². The Morgan fingerprint density at radius 2 is 1.86 bits per heavy atom. The maximum absolute atomic E-state index is 12.5. The fourth-order valence-electron chi connectivity index (χ4n) is 4.95. The second-order valence-electron chi connectivity index (χ2n) is 9.52. The molecule has 0 aromatic heterocycles. The van der Waals surface area contributed by atoms with E-state index in [2.05, 4.69) is 25.1 Å². The summed E-state index contributed by atoms with van der Waals surface area (Å²) >= 11 is 0. The van der Waals surface area contributed by atoms with E-state index in [0.717, 1.165) is 47.1 Å². The second-order valence-corrected chi connectivity index (χ2v) is 9.52. The van der Waals surface area contributed by atoms with Crippen molar-refractivity contribution in [1.29, 1.82) is 0 Å². The van der Waals surface area contributed by atoms with Gasteiger partial charge in [-0.3, -0.25) is 4.79 Å². The highest BCUT2D eigenvalue weighted by Crippen LogP contribution is 2.27. The van der Waals surface area contributed by atoms with E-state index in [0.29, 0.717) is 18.5 Å². The van der Waals surface area contributed by atoms with Crippen LogP contribution in [0.3, 0.4) is 0 Å². The maximum Gasteiger partial charge on any atom is 0.335 e. The van der Waals surface area contributed by atoms with Gasteiger partial charge < -0.3 is 15.1 Å². The summed E-state index contributed by atoms with van der Waals surface area (Å²) in [6.07, 6.45) is 5.83. The van der Waals surface area contributed by atoms with E-state index in [4.69, 9.17) is 0 Å². The third kappa shape index (κ3) is 5.92. The molecule has 1 unspecified atom stereocenters. The molecule has 0 bridgehead atoms. The van der Waals surface area contributed by atoms with Gasteiger partial charge in [0.1, 0.15) is 0 Å². The van der Waals surface area contributed by atoms with Crippen LogP contribution in [0.15, 0.2) is 78.9 Å². The largest absolute Gasteiger partial charge is 0.478 e. The van der Waals surface area contributed by atoms with Gasteiger partial charge in [0.25, 0.3) is 0 Å². The molecule has 1 amide bonds. The minimum atomic E-state index is -0.916. The first-order chi connectivity index (χ1) is 17.3. The molecule has 2 atom stereocenters. The first-order valence-corrected chi connectivity index (χ1v) is 12.5. The van der Waals surface area contributed by atoms with Crippen molar-refractivity contribution in [1.82, 2.24) is 4.90 Å². The normalized spacial score (nSPS) is 16.6. The summed E-state index contributed by atoms with van der Waals surface area (Å²) in [5, 5.41) is 20.1. The van der Waals surface area contributed by atoms with Crippen LogP contribution in [0.4, 0.5) is 0 Å². The summed E-state index contributed by atoms with van der Waals surface area (Å²) in [5.74, 6) is -0.779. The summed E-state index contributed by atoms with van der Waals surface area (Å²) in [5.41, 5.74) is 6.37. The predicted octanol–water partition coefficient (Wildman–Crippen LogP) is 5.88. The van der Waals surface area contributed by atoms with Gasteiger partial charge in [0.2, 0.25) is 5.91 Å². The van der Waals surface area contributed by atoms with E-state index in [1.165, 1.54) is 5.56 Å². The van der Waals surface area contributed by atoms with Crippen molar-refractivity contribution < 1.29 is 19.8 Å². The molecule has 4 rings (SSSR count). The summed E-state index contributed by atoms with van der Waals surface area (Å²) in [4.78, 5) is 25.6. The molecule has 1 heterocycles. The number of rotatable bonds is 9. The van der Waals surface area contributed by atoms with E-state index in [1.807, 2.05) is 53.4 Å². The minimum absolute atomic E-state index is 0.0252. The van der Waals surface area contributed by atoms with Crippen LogP contribution in [0, 0.1) is 13.8 Å². The summed E-state index contributed by atoms with van der Waals surface area (Å²) in [6, 6.07) is 21.5. The van der Waals surface area contributed by atoms with Gasteiger partial charge in [0, 0.05) is 13.0 Å². The number of carbonyl (C=O) groups is 2. The molecule has 186 valence electrons. The Balaban J connectivity index is 1.38. The lowest BCUT2D eigenvalue weighted by molar-refractivity contribution is -0.128. The van der Waals surface area contributed by atoms with Crippen molar-refractivity contribution in [3.05, 3.63) is 107 Å². The van der Waals surface area contributed by atoms with Crippen LogP contribution in [-0.2, 0) is 11.2 Å². The smallest absolute Gasteiger partial charge is 0.335 e. The van der Waals surface area contributed by atoms with E-state index in [-0.39, 0.29) is 11.9 Å². The third-order valence-corrected chi connectivity index (χ3v) is 6.96. The van der Waals surface area contributed by atoms with Gasteiger partial charge in [-0.2, -0.15) is 0 Å². The molecule has 3 aromatic carbocycles. The van der Waals surface area contributed by atoms with Crippen LogP contribution in [0.25, 0.3) is 11.1 Å². The lowest BCUT2D eigenvalue weighted by Crippen LogP contribution is -2.33. The molecule has 0 saturated carbocycles. The van der Waals surface area contributed by atoms with Gasteiger partial charge in [-0.15, -0.1) is 0 Å². The predicted molar refractivity (Wildman–Crippen MR) is 142 cm³/mol. The number of hydrogen-bond acceptors (Lipinski definition) is 3. The van der Waals surface area contributed by atoms with Crippen molar-refractivity contribution in [3.8, 4) is 11.1 Å². The zero-order chi connectivity index (χ0) is 25.7. The van der Waals surface area contributed by atoms with Gasteiger partial charge in [-0.05, 0) is 78.6 Å². The van der Waals surface area contributed by atoms with Crippen molar-refractivity contribution >= 4 is 11.9 Å². The number of carboxylic acids is 1. The van der Waals surface area contributed by atoms with Crippen LogP contribution < -0.4 is 0 Å².